The van der Waals surface area contributed by atoms with Gasteiger partial charge in [0.2, 0.25) is 0 Å². The van der Waals surface area contributed by atoms with Gasteiger partial charge in [0.1, 0.15) is 5.75 Å². The van der Waals surface area contributed by atoms with E-state index in [1.807, 2.05) is 61.7 Å². The van der Waals surface area contributed by atoms with E-state index >= 15 is 0 Å². The highest BCUT2D eigenvalue weighted by Crippen LogP contribution is 2.23. The van der Waals surface area contributed by atoms with Crippen LogP contribution in [-0.2, 0) is 11.3 Å². The van der Waals surface area contributed by atoms with E-state index in [1.165, 1.54) is 5.56 Å². The van der Waals surface area contributed by atoms with Crippen LogP contribution in [-0.4, -0.2) is 12.5 Å². The molecule has 0 saturated heterocycles. The van der Waals surface area contributed by atoms with Crippen molar-refractivity contribution in [3.05, 3.63) is 81.0 Å². The Morgan fingerprint density at radius 2 is 1.85 bits per heavy atom. The molecule has 0 aliphatic carbocycles. The first-order valence-electron chi connectivity index (χ1n) is 8.31. The van der Waals surface area contributed by atoms with Gasteiger partial charge in [-0.1, -0.05) is 23.7 Å². The number of halogens is 1. The number of aryl methyl sites for hydroxylation is 2. The maximum absolute atomic E-state index is 12.9. The van der Waals surface area contributed by atoms with E-state index in [0.29, 0.717) is 17.3 Å². The number of benzene rings is 2. The Bertz CT molecular complexity index is 876. The van der Waals surface area contributed by atoms with Crippen molar-refractivity contribution in [3.63, 3.8) is 0 Å². The number of anilines is 1. The zero-order valence-electron chi connectivity index (χ0n) is 14.7. The molecule has 0 fully saturated rings. The maximum Gasteiger partial charge on any atom is 0.265 e. The highest BCUT2D eigenvalue weighted by atomic mass is 35.5. The van der Waals surface area contributed by atoms with Crippen molar-refractivity contribution in [2.24, 2.45) is 0 Å². The Hall–Kier alpha value is -2.30. The first-order valence-corrected chi connectivity index (χ1v) is 9.57. The third-order valence-electron chi connectivity index (χ3n) is 4.17. The van der Waals surface area contributed by atoms with Crippen LogP contribution in [0, 0.1) is 13.8 Å². The number of ether oxygens (including phenoxy) is 1. The van der Waals surface area contributed by atoms with Gasteiger partial charge in [0.25, 0.3) is 5.91 Å². The molecule has 0 saturated carbocycles. The van der Waals surface area contributed by atoms with Crippen LogP contribution >= 0.6 is 22.9 Å². The van der Waals surface area contributed by atoms with E-state index in [1.54, 1.807) is 28.4 Å². The lowest BCUT2D eigenvalue weighted by Gasteiger charge is -2.22. The number of carbonyl (C=O) groups is 1. The Morgan fingerprint density at radius 1 is 1.08 bits per heavy atom. The summed E-state index contributed by atoms with van der Waals surface area (Å²) in [6.45, 7) is 4.57. The Balaban J connectivity index is 1.75. The van der Waals surface area contributed by atoms with Crippen molar-refractivity contribution in [3.8, 4) is 5.75 Å². The fourth-order valence-corrected chi connectivity index (χ4v) is 3.35. The largest absolute Gasteiger partial charge is 0.484 e. The summed E-state index contributed by atoms with van der Waals surface area (Å²) in [4.78, 5) is 15.7. The summed E-state index contributed by atoms with van der Waals surface area (Å²) in [6.07, 6.45) is 0. The van der Waals surface area contributed by atoms with E-state index in [-0.39, 0.29) is 12.5 Å². The predicted molar refractivity (Wildman–Crippen MR) is 108 cm³/mol. The molecule has 0 bridgehead atoms. The molecule has 5 heteroatoms. The van der Waals surface area contributed by atoms with Crippen molar-refractivity contribution in [1.29, 1.82) is 0 Å². The Labute approximate surface area is 162 Å². The number of rotatable bonds is 6. The number of amides is 1. The Morgan fingerprint density at radius 3 is 2.50 bits per heavy atom. The molecule has 0 N–H and O–H groups in total. The van der Waals surface area contributed by atoms with E-state index in [0.717, 1.165) is 16.1 Å². The minimum atomic E-state index is -0.0982. The summed E-state index contributed by atoms with van der Waals surface area (Å²) in [5.41, 5.74) is 3.14. The number of nitrogens with zero attached hydrogens (tertiary/aromatic N) is 1. The van der Waals surface area contributed by atoms with E-state index in [4.69, 9.17) is 16.3 Å². The van der Waals surface area contributed by atoms with Gasteiger partial charge >= 0.3 is 0 Å². The van der Waals surface area contributed by atoms with Crippen molar-refractivity contribution in [1.82, 2.24) is 0 Å². The van der Waals surface area contributed by atoms with Gasteiger partial charge in [-0.2, -0.15) is 0 Å². The molecule has 3 nitrogen and oxygen atoms in total. The molecule has 3 rings (SSSR count). The van der Waals surface area contributed by atoms with Gasteiger partial charge in [-0.05, 0) is 72.8 Å². The smallest absolute Gasteiger partial charge is 0.265 e. The fourth-order valence-electron chi connectivity index (χ4n) is 2.53. The van der Waals surface area contributed by atoms with Crippen LogP contribution in [0.1, 0.15) is 16.0 Å². The van der Waals surface area contributed by atoms with Gasteiger partial charge in [-0.3, -0.25) is 4.79 Å². The van der Waals surface area contributed by atoms with Crippen LogP contribution in [0.3, 0.4) is 0 Å². The Kier molecular flexibility index (Phi) is 5.96. The van der Waals surface area contributed by atoms with Gasteiger partial charge < -0.3 is 9.64 Å². The molecule has 1 aromatic heterocycles. The zero-order valence-corrected chi connectivity index (χ0v) is 16.3. The minimum Gasteiger partial charge on any atom is -0.484 e. The minimum absolute atomic E-state index is 0.0174. The van der Waals surface area contributed by atoms with Crippen LogP contribution in [0.15, 0.2) is 60.0 Å². The predicted octanol–water partition coefficient (Wildman–Crippen LogP) is 5.63. The summed E-state index contributed by atoms with van der Waals surface area (Å²) in [5.74, 6) is 0.604. The molecule has 0 atom stereocenters. The molecule has 1 heterocycles. The molecular weight excluding hydrogens is 366 g/mol. The van der Waals surface area contributed by atoms with Crippen molar-refractivity contribution in [2.75, 3.05) is 11.5 Å². The van der Waals surface area contributed by atoms with Crippen LogP contribution in [0.4, 0.5) is 5.69 Å². The second-order valence-corrected chi connectivity index (χ2v) is 7.54. The number of carbonyl (C=O) groups excluding carboxylic acids is 1. The standard InChI is InChI=1S/C21H20ClNO2S/c1-15-5-10-19(12-16(15)2)25-14-21(24)23(13-20-4-3-11-26-20)18-8-6-17(22)7-9-18/h3-12H,13-14H2,1-2H3. The fraction of sp³-hybridized carbons (Fsp3) is 0.190. The zero-order chi connectivity index (χ0) is 18.5. The monoisotopic (exact) mass is 385 g/mol. The molecular formula is C21H20ClNO2S. The van der Waals surface area contributed by atoms with Gasteiger partial charge in [-0.15, -0.1) is 11.3 Å². The van der Waals surface area contributed by atoms with Gasteiger partial charge in [0, 0.05) is 15.6 Å². The van der Waals surface area contributed by atoms with E-state index in [2.05, 4.69) is 0 Å². The van der Waals surface area contributed by atoms with Crippen molar-refractivity contribution in [2.45, 2.75) is 20.4 Å². The van der Waals surface area contributed by atoms with Crippen molar-refractivity contribution >= 4 is 34.5 Å². The molecule has 0 aliphatic rings. The number of thiophene rings is 1. The lowest BCUT2D eigenvalue weighted by Crippen LogP contribution is -2.34. The number of hydrogen-bond acceptors (Lipinski definition) is 3. The summed E-state index contributed by atoms with van der Waals surface area (Å²) in [5, 5.41) is 2.65. The molecule has 1 amide bonds. The molecule has 3 aromatic rings. The molecule has 0 aliphatic heterocycles. The normalized spacial score (nSPS) is 10.6. The topological polar surface area (TPSA) is 29.5 Å². The second-order valence-electron chi connectivity index (χ2n) is 6.07. The van der Waals surface area contributed by atoms with Crippen molar-refractivity contribution < 1.29 is 9.53 Å². The summed E-state index contributed by atoms with van der Waals surface area (Å²) >= 11 is 7.61. The second kappa shape index (κ2) is 8.39. The first kappa shape index (κ1) is 18.5. The molecule has 0 spiro atoms. The molecule has 0 radical (unpaired) electrons. The third-order valence-corrected chi connectivity index (χ3v) is 5.29. The highest BCUT2D eigenvalue weighted by Gasteiger charge is 2.17. The summed E-state index contributed by atoms with van der Waals surface area (Å²) in [7, 11) is 0. The van der Waals surface area contributed by atoms with Crippen LogP contribution in [0.5, 0.6) is 5.75 Å². The van der Waals surface area contributed by atoms with Gasteiger partial charge in [-0.25, -0.2) is 0 Å². The molecule has 0 unspecified atom stereocenters. The van der Waals surface area contributed by atoms with Gasteiger partial charge in [0.05, 0.1) is 6.54 Å². The number of hydrogen-bond donors (Lipinski definition) is 0. The SMILES string of the molecule is Cc1ccc(OCC(=O)N(Cc2cccs2)c2ccc(Cl)cc2)cc1C. The summed E-state index contributed by atoms with van der Waals surface area (Å²) in [6, 6.07) is 17.1. The first-order chi connectivity index (χ1) is 12.5. The molecule has 26 heavy (non-hydrogen) atoms. The maximum atomic E-state index is 12.9. The van der Waals surface area contributed by atoms with E-state index in [9.17, 15) is 4.79 Å². The van der Waals surface area contributed by atoms with Crippen LogP contribution in [0.25, 0.3) is 0 Å². The highest BCUT2D eigenvalue weighted by molar-refractivity contribution is 7.09. The summed E-state index contributed by atoms with van der Waals surface area (Å²) < 4.78 is 5.74. The average Bonchev–Trinajstić information content (AvgIpc) is 3.14. The van der Waals surface area contributed by atoms with Crippen LogP contribution in [0.2, 0.25) is 5.02 Å². The quantitative estimate of drug-likeness (QED) is 0.550. The lowest BCUT2D eigenvalue weighted by molar-refractivity contribution is -0.120. The molecule has 134 valence electrons. The lowest BCUT2D eigenvalue weighted by atomic mass is 10.1. The van der Waals surface area contributed by atoms with E-state index < -0.39 is 0 Å². The third kappa shape index (κ3) is 4.65. The van der Waals surface area contributed by atoms with Gasteiger partial charge in [0.15, 0.2) is 6.61 Å². The average molecular weight is 386 g/mol. The molecule has 2 aromatic carbocycles. The van der Waals surface area contributed by atoms with Crippen LogP contribution < -0.4 is 9.64 Å².